The Morgan fingerprint density at radius 2 is 2.00 bits per heavy atom. The highest BCUT2D eigenvalue weighted by molar-refractivity contribution is 5.93. The summed E-state index contributed by atoms with van der Waals surface area (Å²) in [6.45, 7) is 5.05. The Kier molecular flexibility index (Phi) is 5.35. The third-order valence-corrected chi connectivity index (χ3v) is 3.66. The van der Waals surface area contributed by atoms with E-state index >= 15 is 0 Å². The maximum Gasteiger partial charge on any atom is 0.331 e. The minimum Gasteiger partial charge on any atom is -0.479 e. The Hall–Kier alpha value is -2.67. The van der Waals surface area contributed by atoms with E-state index in [-0.39, 0.29) is 5.91 Å². The minimum atomic E-state index is -1.20. The Morgan fingerprint density at radius 3 is 2.62 bits per heavy atom. The van der Waals surface area contributed by atoms with Crippen LogP contribution in [0.15, 0.2) is 42.7 Å². The van der Waals surface area contributed by atoms with Crippen molar-refractivity contribution >= 4 is 17.6 Å². The lowest BCUT2D eigenvalue weighted by molar-refractivity contribution is -0.146. The molecular formula is C17H21N3O4. The van der Waals surface area contributed by atoms with Crippen LogP contribution in [0.4, 0.5) is 5.69 Å². The van der Waals surface area contributed by atoms with Crippen molar-refractivity contribution in [1.82, 2.24) is 9.78 Å². The zero-order valence-corrected chi connectivity index (χ0v) is 13.9. The Bertz CT molecular complexity index is 710. The van der Waals surface area contributed by atoms with Crippen molar-refractivity contribution in [3.8, 4) is 0 Å². The summed E-state index contributed by atoms with van der Waals surface area (Å²) in [5.41, 5.74) is 0.205. The summed E-state index contributed by atoms with van der Waals surface area (Å²) in [6.07, 6.45) is 2.24. The monoisotopic (exact) mass is 331 g/mol. The number of hydrogen-bond acceptors (Lipinski definition) is 4. The molecule has 0 bridgehead atoms. The highest BCUT2D eigenvalue weighted by atomic mass is 16.5. The van der Waals surface area contributed by atoms with Crippen LogP contribution in [-0.2, 0) is 26.5 Å². The minimum absolute atomic E-state index is 0.321. The molecule has 0 aliphatic carbocycles. The number of aliphatic carboxylic acids is 1. The van der Waals surface area contributed by atoms with Crippen LogP contribution < -0.4 is 5.32 Å². The number of amides is 1. The van der Waals surface area contributed by atoms with Crippen LogP contribution in [0, 0.1) is 0 Å². The summed E-state index contributed by atoms with van der Waals surface area (Å²) in [5.74, 6) is -1.33. The molecule has 24 heavy (non-hydrogen) atoms. The Morgan fingerprint density at radius 1 is 1.33 bits per heavy atom. The van der Waals surface area contributed by atoms with Crippen LogP contribution in [0.5, 0.6) is 0 Å². The molecule has 1 amide bonds. The van der Waals surface area contributed by atoms with Gasteiger partial charge in [-0.1, -0.05) is 30.3 Å². The van der Waals surface area contributed by atoms with Gasteiger partial charge in [-0.25, -0.2) is 4.79 Å². The number of ether oxygens (including phenoxy) is 1. The van der Waals surface area contributed by atoms with Gasteiger partial charge in [-0.05, 0) is 26.3 Å². The fourth-order valence-corrected chi connectivity index (χ4v) is 1.91. The van der Waals surface area contributed by atoms with E-state index in [1.165, 1.54) is 30.9 Å². The number of carboxylic acids is 1. The smallest absolute Gasteiger partial charge is 0.331 e. The molecule has 0 spiro atoms. The van der Waals surface area contributed by atoms with Gasteiger partial charge < -0.3 is 15.2 Å². The fraction of sp³-hybridized carbons (Fsp3) is 0.353. The lowest BCUT2D eigenvalue weighted by Gasteiger charge is -2.19. The maximum atomic E-state index is 12.1. The van der Waals surface area contributed by atoms with Crippen LogP contribution in [0.1, 0.15) is 26.3 Å². The predicted octanol–water partition coefficient (Wildman–Crippen LogP) is 2.25. The van der Waals surface area contributed by atoms with Crippen molar-refractivity contribution in [2.75, 3.05) is 5.32 Å². The SMILES string of the molecule is CC(OCc1ccccc1)C(=O)Nc1cnn(C(C)(C)C(=O)O)c1. The molecule has 1 aromatic heterocycles. The normalized spacial score (nSPS) is 12.6. The van der Waals surface area contributed by atoms with Gasteiger partial charge in [0.2, 0.25) is 0 Å². The summed E-state index contributed by atoms with van der Waals surface area (Å²) >= 11 is 0. The second kappa shape index (κ2) is 7.27. The molecule has 7 heteroatoms. The number of hydrogen-bond donors (Lipinski definition) is 2. The second-order valence-corrected chi connectivity index (χ2v) is 5.97. The largest absolute Gasteiger partial charge is 0.479 e. The van der Waals surface area contributed by atoms with Gasteiger partial charge in [0.1, 0.15) is 6.10 Å². The number of rotatable bonds is 7. The summed E-state index contributed by atoms with van der Waals surface area (Å²) in [4.78, 5) is 23.3. The van der Waals surface area contributed by atoms with Crippen molar-refractivity contribution < 1.29 is 19.4 Å². The maximum absolute atomic E-state index is 12.1. The molecule has 1 atom stereocenters. The highest BCUT2D eigenvalue weighted by Gasteiger charge is 2.30. The average molecular weight is 331 g/mol. The highest BCUT2D eigenvalue weighted by Crippen LogP contribution is 2.17. The number of nitrogens with one attached hydrogen (secondary N) is 1. The first-order valence-corrected chi connectivity index (χ1v) is 7.55. The third-order valence-electron chi connectivity index (χ3n) is 3.66. The van der Waals surface area contributed by atoms with Gasteiger partial charge in [0.25, 0.3) is 5.91 Å². The molecule has 1 heterocycles. The number of aromatic nitrogens is 2. The molecule has 1 unspecified atom stereocenters. The first-order chi connectivity index (χ1) is 11.3. The number of nitrogens with zero attached hydrogens (tertiary/aromatic N) is 2. The zero-order chi connectivity index (χ0) is 17.7. The number of anilines is 1. The molecule has 2 N–H and O–H groups in total. The molecule has 2 rings (SSSR count). The number of carboxylic acid groups (broad SMARTS) is 1. The van der Waals surface area contributed by atoms with E-state index in [2.05, 4.69) is 10.4 Å². The topological polar surface area (TPSA) is 93.5 Å². The van der Waals surface area contributed by atoms with E-state index in [1.807, 2.05) is 30.3 Å². The molecule has 0 aliphatic rings. The molecule has 0 aliphatic heterocycles. The molecule has 2 aromatic rings. The van der Waals surface area contributed by atoms with Crippen molar-refractivity contribution in [2.45, 2.75) is 39.0 Å². The van der Waals surface area contributed by atoms with Crippen LogP contribution in [0.25, 0.3) is 0 Å². The van der Waals surface area contributed by atoms with Gasteiger partial charge in [-0.2, -0.15) is 5.10 Å². The van der Waals surface area contributed by atoms with E-state index in [9.17, 15) is 14.7 Å². The predicted molar refractivity (Wildman–Crippen MR) is 88.5 cm³/mol. The van der Waals surface area contributed by atoms with Crippen LogP contribution in [-0.4, -0.2) is 32.9 Å². The number of benzene rings is 1. The molecule has 128 valence electrons. The fourth-order valence-electron chi connectivity index (χ4n) is 1.91. The number of carbonyl (C=O) groups is 2. The van der Waals surface area contributed by atoms with Gasteiger partial charge in [0.05, 0.1) is 18.5 Å². The Balaban J connectivity index is 1.92. The quantitative estimate of drug-likeness (QED) is 0.811. The van der Waals surface area contributed by atoms with Gasteiger partial charge in [0.15, 0.2) is 5.54 Å². The molecule has 7 nitrogen and oxygen atoms in total. The van der Waals surface area contributed by atoms with Gasteiger partial charge in [0, 0.05) is 6.20 Å². The van der Waals surface area contributed by atoms with E-state index in [4.69, 9.17) is 4.74 Å². The third kappa shape index (κ3) is 4.20. The Labute approximate surface area is 140 Å². The van der Waals surface area contributed by atoms with Crippen molar-refractivity contribution in [2.24, 2.45) is 0 Å². The number of carbonyl (C=O) groups excluding carboxylic acids is 1. The molecule has 0 saturated carbocycles. The molecule has 0 radical (unpaired) electrons. The lowest BCUT2D eigenvalue weighted by atomic mass is 10.1. The zero-order valence-electron chi connectivity index (χ0n) is 13.9. The molecule has 0 saturated heterocycles. The average Bonchev–Trinajstić information content (AvgIpc) is 3.02. The summed E-state index contributed by atoms with van der Waals surface area (Å²) in [5, 5.41) is 15.8. The van der Waals surface area contributed by atoms with Gasteiger partial charge in [-0.3, -0.25) is 9.48 Å². The van der Waals surface area contributed by atoms with Gasteiger partial charge >= 0.3 is 5.97 Å². The summed E-state index contributed by atoms with van der Waals surface area (Å²) in [6, 6.07) is 9.56. The summed E-state index contributed by atoms with van der Waals surface area (Å²) in [7, 11) is 0. The van der Waals surface area contributed by atoms with E-state index in [0.29, 0.717) is 12.3 Å². The van der Waals surface area contributed by atoms with Crippen LogP contribution >= 0.6 is 0 Å². The first-order valence-electron chi connectivity index (χ1n) is 7.55. The van der Waals surface area contributed by atoms with E-state index in [0.717, 1.165) is 5.56 Å². The van der Waals surface area contributed by atoms with Crippen molar-refractivity contribution in [3.63, 3.8) is 0 Å². The molecule has 1 aromatic carbocycles. The standard InChI is InChI=1S/C17H21N3O4/c1-12(24-11-13-7-5-4-6-8-13)15(21)19-14-9-18-20(10-14)17(2,3)16(22)23/h4-10,12H,11H2,1-3H3,(H,19,21)(H,22,23). The van der Waals surface area contributed by atoms with E-state index in [1.54, 1.807) is 6.92 Å². The van der Waals surface area contributed by atoms with Gasteiger partial charge in [-0.15, -0.1) is 0 Å². The van der Waals surface area contributed by atoms with Crippen LogP contribution in [0.3, 0.4) is 0 Å². The van der Waals surface area contributed by atoms with Crippen LogP contribution in [0.2, 0.25) is 0 Å². The van der Waals surface area contributed by atoms with Crippen molar-refractivity contribution in [1.29, 1.82) is 0 Å². The second-order valence-electron chi connectivity index (χ2n) is 5.97. The first kappa shape index (κ1) is 17.7. The van der Waals surface area contributed by atoms with Crippen molar-refractivity contribution in [3.05, 3.63) is 48.3 Å². The summed E-state index contributed by atoms with van der Waals surface area (Å²) < 4.78 is 6.83. The lowest BCUT2D eigenvalue weighted by Crippen LogP contribution is -2.36. The van der Waals surface area contributed by atoms with E-state index < -0.39 is 17.6 Å². The molecule has 0 fully saturated rings. The molecular weight excluding hydrogens is 310 g/mol.